The van der Waals surface area contributed by atoms with Crippen molar-refractivity contribution in [3.05, 3.63) is 0 Å². The first-order valence-electron chi connectivity index (χ1n) is 6.48. The summed E-state index contributed by atoms with van der Waals surface area (Å²) in [4.78, 5) is 24.3. The lowest BCUT2D eigenvalue weighted by atomic mass is 9.96. The molecule has 0 aliphatic carbocycles. The number of likely N-dealkylation sites (tertiary alicyclic amines) is 1. The van der Waals surface area contributed by atoms with Crippen molar-refractivity contribution >= 4 is 12.1 Å². The minimum atomic E-state index is -0.557. The highest BCUT2D eigenvalue weighted by Gasteiger charge is 2.33. The summed E-state index contributed by atoms with van der Waals surface area (Å²) in [6, 6.07) is 0. The van der Waals surface area contributed by atoms with E-state index >= 15 is 0 Å². The van der Waals surface area contributed by atoms with Gasteiger partial charge in [-0.3, -0.25) is 4.79 Å². The molecule has 1 saturated heterocycles. The van der Waals surface area contributed by atoms with Gasteiger partial charge in [0.05, 0.1) is 12.7 Å². The molecular formula is C13H23NO5. The third-order valence-electron chi connectivity index (χ3n) is 2.85. The molecule has 1 N–H and O–H groups in total. The predicted octanol–water partition coefficient (Wildman–Crippen LogP) is 1.17. The van der Waals surface area contributed by atoms with Crippen molar-refractivity contribution in [2.45, 2.75) is 45.8 Å². The number of rotatable bonds is 2. The number of esters is 1. The number of aliphatic hydroxyl groups excluding tert-OH is 1. The Morgan fingerprint density at radius 2 is 2.00 bits per heavy atom. The Bertz CT molecular complexity index is 336. The second kappa shape index (κ2) is 6.23. The van der Waals surface area contributed by atoms with Crippen LogP contribution in [0.15, 0.2) is 0 Å². The van der Waals surface area contributed by atoms with E-state index in [2.05, 4.69) is 0 Å². The largest absolute Gasteiger partial charge is 0.465 e. The first-order chi connectivity index (χ1) is 8.69. The van der Waals surface area contributed by atoms with E-state index in [4.69, 9.17) is 9.47 Å². The third-order valence-corrected chi connectivity index (χ3v) is 2.85. The van der Waals surface area contributed by atoms with Gasteiger partial charge in [0.25, 0.3) is 0 Å². The molecule has 6 nitrogen and oxygen atoms in total. The standard InChI is InChI=1S/C13H23NO5/c1-9(15)18-8-10-7-14(6-5-11(10)16)12(17)19-13(2,3)4/h10-11,16H,5-8H2,1-4H3/t10-,11+/m0/s1. The summed E-state index contributed by atoms with van der Waals surface area (Å²) in [6.45, 7) is 7.65. The second-order valence-corrected chi connectivity index (χ2v) is 5.85. The number of hydrogen-bond acceptors (Lipinski definition) is 5. The van der Waals surface area contributed by atoms with E-state index in [1.54, 1.807) is 25.7 Å². The number of hydrogen-bond donors (Lipinski definition) is 1. The van der Waals surface area contributed by atoms with Crippen molar-refractivity contribution in [1.29, 1.82) is 0 Å². The highest BCUT2D eigenvalue weighted by Crippen LogP contribution is 2.20. The van der Waals surface area contributed by atoms with Crippen LogP contribution in [0, 0.1) is 5.92 Å². The number of piperidine rings is 1. The summed E-state index contributed by atoms with van der Waals surface area (Å²) in [5.74, 6) is -0.647. The molecule has 1 amide bonds. The highest BCUT2D eigenvalue weighted by atomic mass is 16.6. The Kier molecular flexibility index (Phi) is 5.17. The van der Waals surface area contributed by atoms with Gasteiger partial charge in [0, 0.05) is 25.9 Å². The van der Waals surface area contributed by atoms with Crippen LogP contribution >= 0.6 is 0 Å². The molecule has 1 aliphatic rings. The van der Waals surface area contributed by atoms with Gasteiger partial charge in [-0.25, -0.2) is 4.79 Å². The van der Waals surface area contributed by atoms with E-state index in [1.807, 2.05) is 0 Å². The van der Waals surface area contributed by atoms with Crippen LogP contribution in [0.4, 0.5) is 4.79 Å². The van der Waals surface area contributed by atoms with Crippen molar-refractivity contribution in [3.63, 3.8) is 0 Å². The van der Waals surface area contributed by atoms with Gasteiger partial charge in [-0.15, -0.1) is 0 Å². The summed E-state index contributed by atoms with van der Waals surface area (Å²) in [5.41, 5.74) is -0.543. The average Bonchev–Trinajstić information content (AvgIpc) is 2.25. The minimum Gasteiger partial charge on any atom is -0.465 e. The maximum atomic E-state index is 11.9. The van der Waals surface area contributed by atoms with Gasteiger partial charge in [-0.1, -0.05) is 0 Å². The first kappa shape index (κ1) is 15.8. The summed E-state index contributed by atoms with van der Waals surface area (Å²) in [5, 5.41) is 9.84. The fourth-order valence-corrected chi connectivity index (χ4v) is 1.90. The molecule has 2 atom stereocenters. The zero-order valence-corrected chi connectivity index (χ0v) is 12.0. The Morgan fingerprint density at radius 3 is 2.53 bits per heavy atom. The molecule has 0 saturated carbocycles. The van der Waals surface area contributed by atoms with E-state index in [1.165, 1.54) is 6.92 Å². The molecule has 19 heavy (non-hydrogen) atoms. The average molecular weight is 273 g/mol. The molecule has 0 spiro atoms. The summed E-state index contributed by atoms with van der Waals surface area (Å²) < 4.78 is 10.2. The van der Waals surface area contributed by atoms with Crippen LogP contribution in [-0.4, -0.2) is 53.5 Å². The summed E-state index contributed by atoms with van der Waals surface area (Å²) >= 11 is 0. The highest BCUT2D eigenvalue weighted by molar-refractivity contribution is 5.68. The predicted molar refractivity (Wildman–Crippen MR) is 68.6 cm³/mol. The number of ether oxygens (including phenoxy) is 2. The Morgan fingerprint density at radius 1 is 1.37 bits per heavy atom. The molecule has 1 aliphatic heterocycles. The van der Waals surface area contributed by atoms with Crippen molar-refractivity contribution in [2.24, 2.45) is 5.92 Å². The molecule has 0 unspecified atom stereocenters. The molecule has 1 heterocycles. The Hall–Kier alpha value is -1.30. The maximum absolute atomic E-state index is 11.9. The van der Waals surface area contributed by atoms with Gasteiger partial charge in [0.15, 0.2) is 0 Å². The molecule has 1 fully saturated rings. The fraction of sp³-hybridized carbons (Fsp3) is 0.846. The monoisotopic (exact) mass is 273 g/mol. The molecule has 6 heteroatoms. The smallest absolute Gasteiger partial charge is 0.410 e. The molecule has 0 aromatic heterocycles. The number of carbonyl (C=O) groups excluding carboxylic acids is 2. The summed E-state index contributed by atoms with van der Waals surface area (Å²) in [6.07, 6.45) is -0.490. The number of amides is 1. The molecule has 0 bridgehead atoms. The zero-order valence-electron chi connectivity index (χ0n) is 12.0. The van der Waals surface area contributed by atoms with Crippen molar-refractivity contribution in [1.82, 2.24) is 4.90 Å². The topological polar surface area (TPSA) is 76.1 Å². The molecule has 0 aromatic rings. The van der Waals surface area contributed by atoms with E-state index in [9.17, 15) is 14.7 Å². The molecular weight excluding hydrogens is 250 g/mol. The molecule has 1 rings (SSSR count). The number of nitrogens with zero attached hydrogens (tertiary/aromatic N) is 1. The lowest BCUT2D eigenvalue weighted by molar-refractivity contribution is -0.144. The van der Waals surface area contributed by atoms with Crippen LogP contribution in [0.25, 0.3) is 0 Å². The van der Waals surface area contributed by atoms with Crippen LogP contribution in [0.3, 0.4) is 0 Å². The fourth-order valence-electron chi connectivity index (χ4n) is 1.90. The van der Waals surface area contributed by atoms with E-state index in [0.717, 1.165) is 0 Å². The van der Waals surface area contributed by atoms with Gasteiger partial charge in [0.2, 0.25) is 0 Å². The van der Waals surface area contributed by atoms with Crippen LogP contribution in [0.5, 0.6) is 0 Å². The Labute approximate surface area is 113 Å². The summed E-state index contributed by atoms with van der Waals surface area (Å²) in [7, 11) is 0. The first-order valence-corrected chi connectivity index (χ1v) is 6.48. The van der Waals surface area contributed by atoms with E-state index in [-0.39, 0.29) is 18.5 Å². The second-order valence-electron chi connectivity index (χ2n) is 5.85. The molecule has 0 radical (unpaired) electrons. The minimum absolute atomic E-state index is 0.121. The maximum Gasteiger partial charge on any atom is 0.410 e. The van der Waals surface area contributed by atoms with Gasteiger partial charge in [-0.2, -0.15) is 0 Å². The Balaban J connectivity index is 2.53. The van der Waals surface area contributed by atoms with Crippen molar-refractivity contribution in [2.75, 3.05) is 19.7 Å². The lowest BCUT2D eigenvalue weighted by Gasteiger charge is -2.36. The van der Waals surface area contributed by atoms with Gasteiger partial charge in [-0.05, 0) is 27.2 Å². The third kappa shape index (κ3) is 5.46. The van der Waals surface area contributed by atoms with Crippen LogP contribution in [0.1, 0.15) is 34.1 Å². The van der Waals surface area contributed by atoms with Crippen molar-refractivity contribution in [3.8, 4) is 0 Å². The van der Waals surface area contributed by atoms with Crippen LogP contribution < -0.4 is 0 Å². The molecule has 0 aromatic carbocycles. The van der Waals surface area contributed by atoms with Gasteiger partial charge in [0.1, 0.15) is 5.60 Å². The normalized spacial score (nSPS) is 23.9. The lowest BCUT2D eigenvalue weighted by Crippen LogP contribution is -2.49. The quantitative estimate of drug-likeness (QED) is 0.764. The number of carbonyl (C=O) groups is 2. The van der Waals surface area contributed by atoms with E-state index in [0.29, 0.717) is 19.5 Å². The number of aliphatic hydroxyl groups is 1. The van der Waals surface area contributed by atoms with Gasteiger partial charge < -0.3 is 19.5 Å². The van der Waals surface area contributed by atoms with Crippen LogP contribution in [-0.2, 0) is 14.3 Å². The van der Waals surface area contributed by atoms with Crippen molar-refractivity contribution < 1.29 is 24.2 Å². The van der Waals surface area contributed by atoms with Gasteiger partial charge >= 0.3 is 12.1 Å². The van der Waals surface area contributed by atoms with Crippen LogP contribution in [0.2, 0.25) is 0 Å². The van der Waals surface area contributed by atoms with E-state index < -0.39 is 17.8 Å². The SMILES string of the molecule is CC(=O)OC[C@@H]1CN(C(=O)OC(C)(C)C)CC[C@H]1O. The molecule has 110 valence electrons. The zero-order chi connectivity index (χ0) is 14.6.